The molecule has 0 unspecified atom stereocenters. The monoisotopic (exact) mass is 298 g/mol. The molecule has 17 heavy (non-hydrogen) atoms. The Kier molecular flexibility index (Phi) is 3.74. The highest BCUT2D eigenvalue weighted by Crippen LogP contribution is 2.25. The van der Waals surface area contributed by atoms with Crippen molar-refractivity contribution in [1.82, 2.24) is 0 Å². The minimum absolute atomic E-state index is 0.0664. The fourth-order valence-corrected chi connectivity index (χ4v) is 1.78. The molecule has 0 bridgehead atoms. The van der Waals surface area contributed by atoms with Crippen molar-refractivity contribution in [3.05, 3.63) is 64.1 Å². The number of hydrogen-bond donors (Lipinski definition) is 0. The van der Waals surface area contributed by atoms with Crippen LogP contribution in [0.3, 0.4) is 0 Å². The van der Waals surface area contributed by atoms with Gasteiger partial charge in [-0.3, -0.25) is 0 Å². The van der Waals surface area contributed by atoms with Crippen molar-refractivity contribution in [3.8, 4) is 5.75 Å². The third-order valence-corrected chi connectivity index (χ3v) is 2.93. The van der Waals surface area contributed by atoms with Crippen LogP contribution in [0.1, 0.15) is 5.56 Å². The molecule has 0 aromatic heterocycles. The Morgan fingerprint density at radius 3 is 2.24 bits per heavy atom. The van der Waals surface area contributed by atoms with Crippen LogP contribution in [0.15, 0.2) is 46.9 Å². The summed E-state index contributed by atoms with van der Waals surface area (Å²) in [6.45, 7) is -0.138. The highest BCUT2D eigenvalue weighted by atomic mass is 79.9. The van der Waals surface area contributed by atoms with Crippen LogP contribution in [0.5, 0.6) is 5.75 Å². The molecule has 0 aliphatic carbocycles. The van der Waals surface area contributed by atoms with Crippen LogP contribution in [0.4, 0.5) is 8.78 Å². The fraction of sp³-hybridized carbons (Fsp3) is 0.0769. The lowest BCUT2D eigenvalue weighted by Crippen LogP contribution is -2.02. The largest absolute Gasteiger partial charge is 0.488 e. The smallest absolute Gasteiger partial charge is 0.133 e. The average molecular weight is 299 g/mol. The summed E-state index contributed by atoms with van der Waals surface area (Å²) in [6.07, 6.45) is 0. The Labute approximate surface area is 106 Å². The van der Waals surface area contributed by atoms with E-state index in [-0.39, 0.29) is 12.2 Å². The highest BCUT2D eigenvalue weighted by molar-refractivity contribution is 9.10. The summed E-state index contributed by atoms with van der Waals surface area (Å²) in [5, 5.41) is 0. The Morgan fingerprint density at radius 2 is 1.59 bits per heavy atom. The van der Waals surface area contributed by atoms with Crippen LogP contribution in [-0.4, -0.2) is 0 Å². The fourth-order valence-electron chi connectivity index (χ4n) is 1.38. The topological polar surface area (TPSA) is 9.23 Å². The summed E-state index contributed by atoms with van der Waals surface area (Å²) >= 11 is 3.29. The van der Waals surface area contributed by atoms with Gasteiger partial charge in [0.2, 0.25) is 0 Å². The molecule has 0 atom stereocenters. The molecular weight excluding hydrogens is 290 g/mol. The summed E-state index contributed by atoms with van der Waals surface area (Å²) in [5.41, 5.74) is -0.0664. The van der Waals surface area contributed by atoms with Crippen LogP contribution >= 0.6 is 15.9 Å². The first-order chi connectivity index (χ1) is 8.18. The summed E-state index contributed by atoms with van der Waals surface area (Å²) < 4.78 is 32.7. The minimum Gasteiger partial charge on any atom is -0.488 e. The normalized spacial score (nSPS) is 10.3. The van der Waals surface area contributed by atoms with Gasteiger partial charge in [-0.15, -0.1) is 0 Å². The van der Waals surface area contributed by atoms with Crippen molar-refractivity contribution < 1.29 is 13.5 Å². The number of benzene rings is 2. The molecule has 0 saturated heterocycles. The lowest BCUT2D eigenvalue weighted by molar-refractivity contribution is 0.291. The van der Waals surface area contributed by atoms with E-state index in [0.717, 1.165) is 4.47 Å². The van der Waals surface area contributed by atoms with Crippen molar-refractivity contribution in [2.75, 3.05) is 0 Å². The molecule has 0 radical (unpaired) electrons. The first-order valence-electron chi connectivity index (χ1n) is 4.98. The molecule has 0 aliphatic rings. The molecule has 0 amide bonds. The lowest BCUT2D eigenvalue weighted by Gasteiger charge is -2.09. The Balaban J connectivity index is 2.16. The average Bonchev–Trinajstić information content (AvgIpc) is 2.30. The Bertz CT molecular complexity index is 508. The van der Waals surface area contributed by atoms with Crippen LogP contribution in [-0.2, 0) is 6.61 Å². The van der Waals surface area contributed by atoms with Crippen LogP contribution in [0, 0.1) is 11.6 Å². The molecule has 0 spiro atoms. The number of rotatable bonds is 3. The molecule has 1 nitrogen and oxygen atoms in total. The van der Waals surface area contributed by atoms with Gasteiger partial charge in [-0.25, -0.2) is 8.78 Å². The van der Waals surface area contributed by atoms with E-state index < -0.39 is 11.6 Å². The molecule has 0 aliphatic heterocycles. The predicted molar refractivity (Wildman–Crippen MR) is 64.8 cm³/mol. The Hall–Kier alpha value is -1.42. The van der Waals surface area contributed by atoms with Crippen molar-refractivity contribution in [2.45, 2.75) is 6.61 Å². The summed E-state index contributed by atoms with van der Waals surface area (Å²) in [7, 11) is 0. The molecule has 0 fully saturated rings. The number of para-hydroxylation sites is 1. The van der Waals surface area contributed by atoms with E-state index in [9.17, 15) is 8.78 Å². The van der Waals surface area contributed by atoms with Crippen LogP contribution in [0.2, 0.25) is 0 Å². The van der Waals surface area contributed by atoms with E-state index in [1.165, 1.54) is 18.2 Å². The van der Waals surface area contributed by atoms with Gasteiger partial charge in [0.05, 0.1) is 10.0 Å². The van der Waals surface area contributed by atoms with E-state index >= 15 is 0 Å². The third kappa shape index (κ3) is 2.82. The first kappa shape index (κ1) is 12.0. The second-order valence-corrected chi connectivity index (χ2v) is 4.27. The maximum Gasteiger partial charge on any atom is 0.133 e. The van der Waals surface area contributed by atoms with E-state index in [1.807, 2.05) is 6.07 Å². The summed E-state index contributed by atoms with van der Waals surface area (Å²) in [6, 6.07) is 10.9. The first-order valence-corrected chi connectivity index (χ1v) is 5.78. The van der Waals surface area contributed by atoms with Gasteiger partial charge in [0, 0.05) is 0 Å². The molecule has 4 heteroatoms. The van der Waals surface area contributed by atoms with Gasteiger partial charge in [-0.2, -0.15) is 0 Å². The number of halogens is 3. The van der Waals surface area contributed by atoms with Gasteiger partial charge in [-0.05, 0) is 40.2 Å². The molecule has 0 heterocycles. The van der Waals surface area contributed by atoms with Gasteiger partial charge in [0.1, 0.15) is 24.0 Å². The van der Waals surface area contributed by atoms with Crippen molar-refractivity contribution >= 4 is 15.9 Å². The zero-order chi connectivity index (χ0) is 12.3. The summed E-state index contributed by atoms with van der Waals surface area (Å²) in [5.74, 6) is -0.649. The van der Waals surface area contributed by atoms with E-state index in [2.05, 4.69) is 15.9 Å². The highest BCUT2D eigenvalue weighted by Gasteiger charge is 2.09. The van der Waals surface area contributed by atoms with Gasteiger partial charge in [0.25, 0.3) is 0 Å². The minimum atomic E-state index is -0.600. The molecule has 0 N–H and O–H groups in total. The van der Waals surface area contributed by atoms with Gasteiger partial charge in [-0.1, -0.05) is 18.2 Å². The van der Waals surface area contributed by atoms with E-state index in [4.69, 9.17) is 4.74 Å². The standard InChI is InChI=1S/C13H9BrF2O/c14-10-4-1-2-7-13(10)17-8-9-11(15)5-3-6-12(9)16/h1-7H,8H2. The Morgan fingerprint density at radius 1 is 0.941 bits per heavy atom. The molecular formula is C13H9BrF2O. The van der Waals surface area contributed by atoms with E-state index in [1.54, 1.807) is 18.2 Å². The van der Waals surface area contributed by atoms with Crippen molar-refractivity contribution in [3.63, 3.8) is 0 Å². The maximum absolute atomic E-state index is 13.3. The molecule has 2 rings (SSSR count). The maximum atomic E-state index is 13.3. The van der Waals surface area contributed by atoms with Crippen molar-refractivity contribution in [2.24, 2.45) is 0 Å². The van der Waals surface area contributed by atoms with Crippen LogP contribution < -0.4 is 4.74 Å². The third-order valence-electron chi connectivity index (χ3n) is 2.27. The second-order valence-electron chi connectivity index (χ2n) is 3.42. The second kappa shape index (κ2) is 5.27. The zero-order valence-corrected chi connectivity index (χ0v) is 10.4. The lowest BCUT2D eigenvalue weighted by atomic mass is 10.2. The predicted octanol–water partition coefficient (Wildman–Crippen LogP) is 4.31. The quantitative estimate of drug-likeness (QED) is 0.820. The van der Waals surface area contributed by atoms with Gasteiger partial charge in [0.15, 0.2) is 0 Å². The van der Waals surface area contributed by atoms with Gasteiger partial charge < -0.3 is 4.74 Å². The molecule has 2 aromatic rings. The molecule has 2 aromatic carbocycles. The van der Waals surface area contributed by atoms with Crippen molar-refractivity contribution in [1.29, 1.82) is 0 Å². The van der Waals surface area contributed by atoms with E-state index in [0.29, 0.717) is 5.75 Å². The molecule has 0 saturated carbocycles. The summed E-state index contributed by atoms with van der Waals surface area (Å²) in [4.78, 5) is 0. The SMILES string of the molecule is Fc1cccc(F)c1COc1ccccc1Br. The van der Waals surface area contributed by atoms with Gasteiger partial charge >= 0.3 is 0 Å². The number of ether oxygens (including phenoxy) is 1. The number of hydrogen-bond acceptors (Lipinski definition) is 1. The zero-order valence-electron chi connectivity index (χ0n) is 8.79. The van der Waals surface area contributed by atoms with Crippen LogP contribution in [0.25, 0.3) is 0 Å². The molecule has 88 valence electrons.